The fourth-order valence-electron chi connectivity index (χ4n) is 3.73. The summed E-state index contributed by atoms with van der Waals surface area (Å²) in [5.41, 5.74) is 3.06. The van der Waals surface area contributed by atoms with Crippen molar-refractivity contribution in [3.05, 3.63) is 60.0 Å². The molecule has 5 rings (SSSR count). The van der Waals surface area contributed by atoms with Crippen LogP contribution in [0.4, 0.5) is 0 Å². The van der Waals surface area contributed by atoms with Gasteiger partial charge in [-0.3, -0.25) is 4.68 Å². The van der Waals surface area contributed by atoms with Crippen molar-refractivity contribution in [1.82, 2.24) is 15.1 Å². The molecule has 4 aromatic rings. The molecule has 2 aromatic carbocycles. The average Bonchev–Trinajstić information content (AvgIpc) is 3.42. The van der Waals surface area contributed by atoms with Crippen molar-refractivity contribution in [2.24, 2.45) is 7.05 Å². The molecule has 2 aromatic heterocycles. The lowest BCUT2D eigenvalue weighted by molar-refractivity contribution is 0.0778. The Balaban J connectivity index is 1.11. The van der Waals surface area contributed by atoms with Crippen molar-refractivity contribution >= 4 is 21.6 Å². The van der Waals surface area contributed by atoms with E-state index in [0.29, 0.717) is 25.4 Å². The third-order valence-corrected chi connectivity index (χ3v) is 6.24. The van der Waals surface area contributed by atoms with Crippen molar-refractivity contribution in [3.8, 4) is 28.5 Å². The summed E-state index contributed by atoms with van der Waals surface area (Å²) in [4.78, 5) is 0. The van der Waals surface area contributed by atoms with Gasteiger partial charge in [0.2, 0.25) is 0 Å². The van der Waals surface area contributed by atoms with Crippen LogP contribution in [0, 0.1) is 0 Å². The SMILES string of the molecule is Cn1nc(-c2cccc(OCC(O)CNCC3COc4ccccc4O3)c2)c2sccc21. The van der Waals surface area contributed by atoms with E-state index >= 15 is 0 Å². The molecule has 0 bridgehead atoms. The van der Waals surface area contributed by atoms with Crippen LogP contribution in [0.3, 0.4) is 0 Å². The monoisotopic (exact) mass is 451 g/mol. The molecule has 2 atom stereocenters. The second kappa shape index (κ2) is 9.20. The molecule has 2 unspecified atom stereocenters. The van der Waals surface area contributed by atoms with Crippen LogP contribution in [-0.4, -0.2) is 53.4 Å². The Hall–Kier alpha value is -3.07. The van der Waals surface area contributed by atoms with Crippen LogP contribution in [0.2, 0.25) is 0 Å². The Morgan fingerprint density at radius 2 is 2.09 bits per heavy atom. The highest BCUT2D eigenvalue weighted by molar-refractivity contribution is 7.17. The van der Waals surface area contributed by atoms with Gasteiger partial charge in [0.1, 0.15) is 36.9 Å². The fourth-order valence-corrected chi connectivity index (χ4v) is 4.66. The molecule has 2 N–H and O–H groups in total. The van der Waals surface area contributed by atoms with Crippen molar-refractivity contribution in [2.45, 2.75) is 12.2 Å². The van der Waals surface area contributed by atoms with Crippen molar-refractivity contribution in [2.75, 3.05) is 26.3 Å². The number of benzene rings is 2. The normalized spacial score (nSPS) is 16.2. The highest BCUT2D eigenvalue weighted by Gasteiger charge is 2.20. The lowest BCUT2D eigenvalue weighted by Gasteiger charge is -2.27. The van der Waals surface area contributed by atoms with Crippen molar-refractivity contribution in [3.63, 3.8) is 0 Å². The lowest BCUT2D eigenvalue weighted by atomic mass is 10.1. The first-order chi connectivity index (χ1) is 15.7. The number of aryl methyl sites for hydroxylation is 1. The van der Waals surface area contributed by atoms with Crippen molar-refractivity contribution in [1.29, 1.82) is 0 Å². The van der Waals surface area contributed by atoms with Crippen LogP contribution < -0.4 is 19.5 Å². The largest absolute Gasteiger partial charge is 0.491 e. The molecule has 3 heterocycles. The zero-order valence-electron chi connectivity index (χ0n) is 17.7. The topological polar surface area (TPSA) is 77.8 Å². The number of hydrogen-bond acceptors (Lipinski definition) is 7. The van der Waals surface area contributed by atoms with Crippen LogP contribution in [0.1, 0.15) is 0 Å². The Kier molecular flexibility index (Phi) is 5.98. The quantitative estimate of drug-likeness (QED) is 0.427. The van der Waals surface area contributed by atoms with E-state index < -0.39 is 6.10 Å². The van der Waals surface area contributed by atoms with Gasteiger partial charge in [-0.2, -0.15) is 5.10 Å². The first-order valence-electron chi connectivity index (χ1n) is 10.6. The average molecular weight is 452 g/mol. The third-order valence-electron chi connectivity index (χ3n) is 5.33. The summed E-state index contributed by atoms with van der Waals surface area (Å²) >= 11 is 1.68. The van der Waals surface area contributed by atoms with Crippen LogP contribution >= 0.6 is 11.3 Å². The molecule has 8 heteroatoms. The number of aromatic nitrogens is 2. The molecule has 0 aliphatic carbocycles. The van der Waals surface area contributed by atoms with Gasteiger partial charge in [0.25, 0.3) is 0 Å². The molecule has 7 nitrogen and oxygen atoms in total. The first-order valence-corrected chi connectivity index (χ1v) is 11.5. The zero-order valence-corrected chi connectivity index (χ0v) is 18.5. The maximum Gasteiger partial charge on any atom is 0.161 e. The predicted octanol–water partition coefficient (Wildman–Crippen LogP) is 3.47. The minimum Gasteiger partial charge on any atom is -0.491 e. The number of para-hydroxylation sites is 2. The number of thiophene rings is 1. The highest BCUT2D eigenvalue weighted by Crippen LogP contribution is 2.33. The maximum atomic E-state index is 10.3. The summed E-state index contributed by atoms with van der Waals surface area (Å²) in [5, 5.41) is 20.3. The number of rotatable bonds is 8. The molecule has 0 spiro atoms. The van der Waals surface area contributed by atoms with E-state index in [4.69, 9.17) is 14.2 Å². The van der Waals surface area contributed by atoms with Crippen LogP contribution in [0.25, 0.3) is 21.5 Å². The molecule has 0 saturated carbocycles. The summed E-state index contributed by atoms with van der Waals surface area (Å²) in [6.45, 7) is 1.65. The maximum absolute atomic E-state index is 10.3. The van der Waals surface area contributed by atoms with E-state index in [1.54, 1.807) is 11.3 Å². The summed E-state index contributed by atoms with van der Waals surface area (Å²) in [5.74, 6) is 2.23. The number of ether oxygens (including phenoxy) is 3. The Morgan fingerprint density at radius 1 is 1.22 bits per heavy atom. The zero-order chi connectivity index (χ0) is 21.9. The van der Waals surface area contributed by atoms with E-state index in [-0.39, 0.29) is 12.7 Å². The summed E-state index contributed by atoms with van der Waals surface area (Å²) < 4.78 is 20.5. The smallest absolute Gasteiger partial charge is 0.161 e. The van der Waals surface area contributed by atoms with Gasteiger partial charge in [-0.25, -0.2) is 0 Å². The fraction of sp³-hybridized carbons (Fsp3) is 0.292. The molecule has 0 fully saturated rings. The van der Waals surface area contributed by atoms with Crippen LogP contribution in [-0.2, 0) is 7.05 Å². The van der Waals surface area contributed by atoms with E-state index in [2.05, 4.69) is 21.9 Å². The Morgan fingerprint density at radius 3 is 3.00 bits per heavy atom. The first kappa shape index (κ1) is 20.8. The van der Waals surface area contributed by atoms with Crippen molar-refractivity contribution < 1.29 is 19.3 Å². The van der Waals surface area contributed by atoms with Gasteiger partial charge < -0.3 is 24.6 Å². The number of hydrogen-bond donors (Lipinski definition) is 2. The lowest BCUT2D eigenvalue weighted by Crippen LogP contribution is -2.41. The van der Waals surface area contributed by atoms with Crippen LogP contribution in [0.5, 0.6) is 17.2 Å². The molecule has 1 aliphatic heterocycles. The van der Waals surface area contributed by atoms with E-state index in [0.717, 1.165) is 33.0 Å². The number of nitrogens with one attached hydrogen (secondary N) is 1. The summed E-state index contributed by atoms with van der Waals surface area (Å²) in [6.07, 6.45) is -0.739. The van der Waals surface area contributed by atoms with E-state index in [1.807, 2.05) is 60.3 Å². The van der Waals surface area contributed by atoms with Gasteiger partial charge in [0.05, 0.1) is 10.2 Å². The number of fused-ring (bicyclic) bond motifs is 2. The Bertz CT molecular complexity index is 1200. The van der Waals surface area contributed by atoms with Gasteiger partial charge in [0.15, 0.2) is 11.5 Å². The molecule has 0 radical (unpaired) electrons. The molecular weight excluding hydrogens is 426 g/mol. The summed E-state index contributed by atoms with van der Waals surface area (Å²) in [7, 11) is 1.95. The molecule has 0 saturated heterocycles. The Labute approximate surface area is 190 Å². The molecule has 1 aliphatic rings. The van der Waals surface area contributed by atoms with Gasteiger partial charge in [-0.15, -0.1) is 11.3 Å². The van der Waals surface area contributed by atoms with Crippen LogP contribution in [0.15, 0.2) is 60.0 Å². The number of nitrogens with zero attached hydrogens (tertiary/aromatic N) is 2. The van der Waals surface area contributed by atoms with Gasteiger partial charge in [-0.05, 0) is 35.7 Å². The minimum absolute atomic E-state index is 0.0952. The molecular formula is C24H25N3O4S. The molecule has 166 valence electrons. The standard InChI is InChI=1S/C24H25N3O4S/c1-27-20-9-10-32-24(20)23(26-27)16-5-4-6-18(11-16)29-14-17(28)12-25-13-19-15-30-21-7-2-3-8-22(21)31-19/h2-11,17,19,25,28H,12-15H2,1H3. The van der Waals surface area contributed by atoms with Gasteiger partial charge in [0, 0.05) is 25.7 Å². The molecule has 0 amide bonds. The molecule has 32 heavy (non-hydrogen) atoms. The van der Waals surface area contributed by atoms with E-state index in [9.17, 15) is 5.11 Å². The summed E-state index contributed by atoms with van der Waals surface area (Å²) in [6, 6.07) is 17.5. The number of aliphatic hydroxyl groups excluding tert-OH is 1. The van der Waals surface area contributed by atoms with E-state index in [1.165, 1.54) is 0 Å². The second-order valence-electron chi connectivity index (χ2n) is 7.76. The predicted molar refractivity (Wildman–Crippen MR) is 125 cm³/mol. The highest BCUT2D eigenvalue weighted by atomic mass is 32.1. The van der Waals surface area contributed by atoms with Gasteiger partial charge in [-0.1, -0.05) is 24.3 Å². The third kappa shape index (κ3) is 4.43. The minimum atomic E-state index is -0.644. The number of aliphatic hydroxyl groups is 1. The van der Waals surface area contributed by atoms with Gasteiger partial charge >= 0.3 is 0 Å². The second-order valence-corrected chi connectivity index (χ2v) is 8.67.